The number of carbonyl (C=O) groups is 1. The number of carbonyl (C=O) groups excluding carboxylic acids is 1. The molecule has 2 aromatic rings. The fraction of sp³-hybridized carbons (Fsp3) is 0.0625. The van der Waals surface area contributed by atoms with Crippen LogP contribution in [0.15, 0.2) is 59.1 Å². The van der Waals surface area contributed by atoms with Crippen molar-refractivity contribution in [3.8, 4) is 0 Å². The van der Waals surface area contributed by atoms with Crippen molar-refractivity contribution in [1.29, 1.82) is 0 Å². The molecular formula is C16H13BrFNO. The standard InChI is InChI=1S/C16H13BrFNO/c17-14-7-5-13(6-8-14)16(20)19-11-1-2-12-3-9-15(18)10-4-12/h1-10H,11H2,(H,19,20)/b2-1+. The van der Waals surface area contributed by atoms with Crippen LogP contribution in [0.1, 0.15) is 15.9 Å². The quantitative estimate of drug-likeness (QED) is 0.899. The van der Waals surface area contributed by atoms with Crippen LogP contribution in [0.25, 0.3) is 6.08 Å². The second-order valence-electron chi connectivity index (χ2n) is 4.17. The van der Waals surface area contributed by atoms with Gasteiger partial charge in [0.05, 0.1) is 0 Å². The van der Waals surface area contributed by atoms with E-state index in [-0.39, 0.29) is 11.7 Å². The summed E-state index contributed by atoms with van der Waals surface area (Å²) in [4.78, 5) is 11.8. The number of halogens is 2. The number of hydrogen-bond acceptors (Lipinski definition) is 1. The van der Waals surface area contributed by atoms with Gasteiger partial charge >= 0.3 is 0 Å². The van der Waals surface area contributed by atoms with Gasteiger partial charge in [0.1, 0.15) is 5.82 Å². The fourth-order valence-corrected chi connectivity index (χ4v) is 1.89. The number of benzene rings is 2. The number of nitrogens with one attached hydrogen (secondary N) is 1. The first-order valence-electron chi connectivity index (χ1n) is 6.11. The molecule has 0 aliphatic rings. The summed E-state index contributed by atoms with van der Waals surface area (Å²) in [5.41, 5.74) is 1.51. The van der Waals surface area contributed by atoms with Gasteiger partial charge in [-0.25, -0.2) is 4.39 Å². The second kappa shape index (κ2) is 7.01. The molecule has 1 amide bonds. The van der Waals surface area contributed by atoms with Crippen molar-refractivity contribution in [3.05, 3.63) is 76.0 Å². The number of amides is 1. The predicted molar refractivity (Wildman–Crippen MR) is 81.9 cm³/mol. The van der Waals surface area contributed by atoms with E-state index in [1.165, 1.54) is 12.1 Å². The average Bonchev–Trinajstić information content (AvgIpc) is 2.46. The Bertz CT molecular complexity index is 605. The van der Waals surface area contributed by atoms with Gasteiger partial charge in [0.25, 0.3) is 5.91 Å². The molecule has 4 heteroatoms. The highest BCUT2D eigenvalue weighted by Crippen LogP contribution is 2.10. The van der Waals surface area contributed by atoms with Crippen LogP contribution >= 0.6 is 15.9 Å². The van der Waals surface area contributed by atoms with Crippen molar-refractivity contribution in [2.24, 2.45) is 0 Å². The van der Waals surface area contributed by atoms with Gasteiger partial charge in [0, 0.05) is 16.6 Å². The highest BCUT2D eigenvalue weighted by atomic mass is 79.9. The van der Waals surface area contributed by atoms with Gasteiger partial charge in [-0.05, 0) is 42.0 Å². The molecular weight excluding hydrogens is 321 g/mol. The Balaban J connectivity index is 1.85. The van der Waals surface area contributed by atoms with Gasteiger partial charge in [-0.1, -0.05) is 40.2 Å². The Kier molecular flexibility index (Phi) is 5.07. The van der Waals surface area contributed by atoms with Crippen LogP contribution in [0.4, 0.5) is 4.39 Å². The molecule has 0 unspecified atom stereocenters. The van der Waals surface area contributed by atoms with Crippen molar-refractivity contribution in [3.63, 3.8) is 0 Å². The van der Waals surface area contributed by atoms with E-state index < -0.39 is 0 Å². The van der Waals surface area contributed by atoms with Crippen molar-refractivity contribution in [2.45, 2.75) is 0 Å². The minimum absolute atomic E-state index is 0.124. The zero-order valence-electron chi connectivity index (χ0n) is 10.6. The van der Waals surface area contributed by atoms with Crippen LogP contribution in [-0.4, -0.2) is 12.5 Å². The zero-order valence-corrected chi connectivity index (χ0v) is 12.2. The summed E-state index contributed by atoms with van der Waals surface area (Å²) in [6.07, 6.45) is 3.66. The fourth-order valence-electron chi connectivity index (χ4n) is 1.62. The van der Waals surface area contributed by atoms with Crippen molar-refractivity contribution < 1.29 is 9.18 Å². The molecule has 0 aliphatic carbocycles. The van der Waals surface area contributed by atoms with E-state index in [4.69, 9.17) is 0 Å². The zero-order chi connectivity index (χ0) is 14.4. The lowest BCUT2D eigenvalue weighted by Crippen LogP contribution is -2.23. The van der Waals surface area contributed by atoms with Crippen LogP contribution in [0.5, 0.6) is 0 Å². The van der Waals surface area contributed by atoms with Crippen LogP contribution in [0.2, 0.25) is 0 Å². The van der Waals surface area contributed by atoms with Crippen LogP contribution < -0.4 is 5.32 Å². The molecule has 0 saturated carbocycles. The van der Waals surface area contributed by atoms with Gasteiger partial charge in [-0.15, -0.1) is 0 Å². The smallest absolute Gasteiger partial charge is 0.251 e. The molecule has 0 aliphatic heterocycles. The van der Waals surface area contributed by atoms with Crippen molar-refractivity contribution in [2.75, 3.05) is 6.54 Å². The summed E-state index contributed by atoms with van der Waals surface area (Å²) in [5.74, 6) is -0.382. The molecule has 0 atom stereocenters. The van der Waals surface area contributed by atoms with E-state index in [1.54, 1.807) is 24.3 Å². The largest absolute Gasteiger partial charge is 0.349 e. The van der Waals surface area contributed by atoms with Gasteiger partial charge in [0.2, 0.25) is 0 Å². The van der Waals surface area contributed by atoms with Crippen LogP contribution in [0.3, 0.4) is 0 Å². The molecule has 2 nitrogen and oxygen atoms in total. The Morgan fingerprint density at radius 1 is 1.10 bits per heavy atom. The minimum atomic E-state index is -0.259. The number of rotatable bonds is 4. The maximum atomic E-state index is 12.7. The minimum Gasteiger partial charge on any atom is -0.349 e. The lowest BCUT2D eigenvalue weighted by Gasteiger charge is -2.02. The molecule has 0 fully saturated rings. The monoisotopic (exact) mass is 333 g/mol. The SMILES string of the molecule is O=C(NC/C=C/c1ccc(F)cc1)c1ccc(Br)cc1. The van der Waals surface area contributed by atoms with Crippen LogP contribution in [0, 0.1) is 5.82 Å². The van der Waals surface area contributed by atoms with Gasteiger partial charge in [-0.3, -0.25) is 4.79 Å². The summed E-state index contributed by atoms with van der Waals surface area (Å²) in [6.45, 7) is 0.423. The van der Waals surface area contributed by atoms with E-state index in [0.717, 1.165) is 10.0 Å². The van der Waals surface area contributed by atoms with Crippen LogP contribution in [-0.2, 0) is 0 Å². The maximum absolute atomic E-state index is 12.7. The molecule has 0 heterocycles. The van der Waals surface area contributed by atoms with E-state index in [0.29, 0.717) is 12.1 Å². The first-order chi connectivity index (χ1) is 9.65. The molecule has 0 saturated heterocycles. The first-order valence-corrected chi connectivity index (χ1v) is 6.90. The average molecular weight is 334 g/mol. The highest BCUT2D eigenvalue weighted by molar-refractivity contribution is 9.10. The maximum Gasteiger partial charge on any atom is 0.251 e. The Morgan fingerprint density at radius 3 is 2.40 bits per heavy atom. The molecule has 20 heavy (non-hydrogen) atoms. The molecule has 1 N–H and O–H groups in total. The lowest BCUT2D eigenvalue weighted by molar-refractivity contribution is 0.0958. The van der Waals surface area contributed by atoms with E-state index in [2.05, 4.69) is 21.2 Å². The Morgan fingerprint density at radius 2 is 1.75 bits per heavy atom. The van der Waals surface area contributed by atoms with E-state index >= 15 is 0 Å². The van der Waals surface area contributed by atoms with E-state index in [1.807, 2.05) is 24.3 Å². The van der Waals surface area contributed by atoms with Gasteiger partial charge < -0.3 is 5.32 Å². The molecule has 2 aromatic carbocycles. The summed E-state index contributed by atoms with van der Waals surface area (Å²) >= 11 is 3.32. The molecule has 0 aromatic heterocycles. The summed E-state index contributed by atoms with van der Waals surface area (Å²) < 4.78 is 13.6. The Hall–Kier alpha value is -1.94. The van der Waals surface area contributed by atoms with Gasteiger partial charge in [0.15, 0.2) is 0 Å². The topological polar surface area (TPSA) is 29.1 Å². The predicted octanol–water partition coefficient (Wildman–Crippen LogP) is 4.03. The molecule has 0 bridgehead atoms. The molecule has 2 rings (SSSR count). The summed E-state index contributed by atoms with van der Waals surface area (Å²) in [6, 6.07) is 13.3. The van der Waals surface area contributed by atoms with Gasteiger partial charge in [-0.2, -0.15) is 0 Å². The van der Waals surface area contributed by atoms with Crippen molar-refractivity contribution in [1.82, 2.24) is 5.32 Å². The summed E-state index contributed by atoms with van der Waals surface area (Å²) in [5, 5.41) is 2.78. The molecule has 0 radical (unpaired) electrons. The summed E-state index contributed by atoms with van der Waals surface area (Å²) in [7, 11) is 0. The second-order valence-corrected chi connectivity index (χ2v) is 5.09. The highest BCUT2D eigenvalue weighted by Gasteiger charge is 2.02. The molecule has 102 valence electrons. The molecule has 0 spiro atoms. The third-order valence-electron chi connectivity index (χ3n) is 2.67. The third-order valence-corrected chi connectivity index (χ3v) is 3.20. The number of hydrogen-bond donors (Lipinski definition) is 1. The Labute approximate surface area is 125 Å². The lowest BCUT2D eigenvalue weighted by atomic mass is 10.2. The third kappa shape index (κ3) is 4.31. The van der Waals surface area contributed by atoms with E-state index in [9.17, 15) is 9.18 Å². The normalized spacial score (nSPS) is 10.7. The van der Waals surface area contributed by atoms with Crippen molar-refractivity contribution >= 4 is 27.9 Å². The first kappa shape index (κ1) is 14.5.